The second-order valence-corrected chi connectivity index (χ2v) is 16.0. The molecule has 4 N–H and O–H groups in total. The van der Waals surface area contributed by atoms with E-state index in [1.54, 1.807) is 59.6 Å². The Morgan fingerprint density at radius 2 is 1.63 bits per heavy atom. The maximum absolute atomic E-state index is 15.7. The topological polar surface area (TPSA) is 154 Å². The minimum atomic E-state index is -1.18. The van der Waals surface area contributed by atoms with E-state index in [1.165, 1.54) is 16.7 Å². The molecule has 3 aliphatic heterocycles. The number of hydrogen-bond donors (Lipinski definition) is 4. The number of nitrogens with zero attached hydrogens (tertiary/aromatic N) is 5. The fourth-order valence-corrected chi connectivity index (χ4v) is 8.87. The third-order valence-electron chi connectivity index (χ3n) is 12.1. The zero-order valence-corrected chi connectivity index (χ0v) is 32.6. The van der Waals surface area contributed by atoms with Gasteiger partial charge in [-0.05, 0) is 87.8 Å². The van der Waals surface area contributed by atoms with E-state index in [4.69, 9.17) is 0 Å². The predicted molar refractivity (Wildman–Crippen MR) is 217 cm³/mol. The summed E-state index contributed by atoms with van der Waals surface area (Å²) in [7, 11) is 0. The van der Waals surface area contributed by atoms with E-state index in [1.807, 2.05) is 0 Å². The van der Waals surface area contributed by atoms with Crippen molar-refractivity contribution < 1.29 is 27.6 Å². The van der Waals surface area contributed by atoms with Crippen molar-refractivity contribution in [2.45, 2.75) is 88.1 Å². The minimum absolute atomic E-state index is 0.0131. The number of nitrogens with one attached hydrogen (secondary N) is 4. The van der Waals surface area contributed by atoms with Gasteiger partial charge in [0, 0.05) is 79.3 Å². The van der Waals surface area contributed by atoms with Gasteiger partial charge in [0.1, 0.15) is 23.7 Å². The molecule has 4 aromatic rings. The second kappa shape index (κ2) is 17.6. The molecular weight excluding hydrogens is 764 g/mol. The van der Waals surface area contributed by atoms with Crippen molar-refractivity contribution in [2.24, 2.45) is 5.92 Å². The van der Waals surface area contributed by atoms with Crippen molar-refractivity contribution in [1.82, 2.24) is 30.1 Å². The molecule has 13 nitrogen and oxygen atoms in total. The number of likely N-dealkylation sites (tertiary alicyclic amines) is 1. The molecule has 16 heteroatoms. The number of piperidine rings is 3. The maximum Gasteiger partial charge on any atom is 0.255 e. The van der Waals surface area contributed by atoms with Crippen LogP contribution in [0.5, 0.6) is 0 Å². The first kappa shape index (κ1) is 40.0. The van der Waals surface area contributed by atoms with Crippen molar-refractivity contribution in [2.75, 3.05) is 41.7 Å². The third kappa shape index (κ3) is 9.27. The standard InChI is InChI=1S/C43H48F3N9O4/c44-32-23-30(48-35-12-14-38(56)51-42(35)59)11-13-36(32)54-21-17-37(34(46)25-54)53-19-15-29(16-20-53)49-41(58)26-7-9-28(10-8-26)50-43-47-24-33(45)40(52-43)27-4-3-5-31(22-27)55-18-2-1-6-39(55)57/h1-6,11,13,18,22-24,26,28-29,34-35,37,48H,7-10,12,14-17,19-21,25H2,(H,49,58)(H,47,50,52)(H,51,56,59)/t26-,28-,34?,35?,37?. The highest BCUT2D eigenvalue weighted by atomic mass is 19.1. The lowest BCUT2D eigenvalue weighted by Crippen LogP contribution is -2.56. The molecule has 310 valence electrons. The van der Waals surface area contributed by atoms with Crippen LogP contribution in [0.1, 0.15) is 57.8 Å². The number of carbonyl (C=O) groups excluding carboxylic acids is 3. The summed E-state index contributed by atoms with van der Waals surface area (Å²) in [5.41, 5.74) is 1.77. The molecule has 4 fully saturated rings. The van der Waals surface area contributed by atoms with Gasteiger partial charge < -0.3 is 20.9 Å². The summed E-state index contributed by atoms with van der Waals surface area (Å²) in [5, 5.41) is 11.8. The second-order valence-electron chi connectivity index (χ2n) is 16.0. The Kier molecular flexibility index (Phi) is 11.9. The molecule has 2 aromatic heterocycles. The van der Waals surface area contributed by atoms with Crippen LogP contribution in [0.15, 0.2) is 77.9 Å². The molecule has 3 atom stereocenters. The largest absolute Gasteiger partial charge is 0.374 e. The molecular formula is C43H48F3N9O4. The Morgan fingerprint density at radius 3 is 2.37 bits per heavy atom. The van der Waals surface area contributed by atoms with Crippen LogP contribution in [-0.4, -0.2) is 93.7 Å². The van der Waals surface area contributed by atoms with Crippen LogP contribution in [0.25, 0.3) is 16.9 Å². The first-order valence-corrected chi connectivity index (χ1v) is 20.5. The summed E-state index contributed by atoms with van der Waals surface area (Å²) in [6.07, 6.45) is 6.97. The van der Waals surface area contributed by atoms with Crippen molar-refractivity contribution in [3.05, 3.63) is 95.0 Å². The van der Waals surface area contributed by atoms with Gasteiger partial charge in [-0.25, -0.2) is 23.1 Å². The van der Waals surface area contributed by atoms with E-state index in [0.717, 1.165) is 31.9 Å². The summed E-state index contributed by atoms with van der Waals surface area (Å²) in [6, 6.07) is 15.5. The summed E-state index contributed by atoms with van der Waals surface area (Å²) < 4.78 is 47.4. The van der Waals surface area contributed by atoms with Gasteiger partial charge in [0.25, 0.3) is 5.56 Å². The number of halogens is 3. The van der Waals surface area contributed by atoms with E-state index in [2.05, 4.69) is 36.1 Å². The van der Waals surface area contributed by atoms with Crippen molar-refractivity contribution >= 4 is 35.0 Å². The lowest BCUT2D eigenvalue weighted by atomic mass is 9.85. The number of amides is 3. The highest BCUT2D eigenvalue weighted by Crippen LogP contribution is 2.32. The van der Waals surface area contributed by atoms with Crippen LogP contribution in [-0.2, 0) is 14.4 Å². The fourth-order valence-electron chi connectivity index (χ4n) is 8.87. The van der Waals surface area contributed by atoms with Crippen LogP contribution >= 0.6 is 0 Å². The van der Waals surface area contributed by atoms with E-state index in [-0.39, 0.29) is 60.1 Å². The Hall–Kier alpha value is -5.77. The van der Waals surface area contributed by atoms with E-state index in [9.17, 15) is 23.6 Å². The van der Waals surface area contributed by atoms with Gasteiger partial charge in [-0.2, -0.15) is 0 Å². The monoisotopic (exact) mass is 811 g/mol. The van der Waals surface area contributed by atoms with Gasteiger partial charge in [0.05, 0.1) is 18.4 Å². The zero-order valence-electron chi connectivity index (χ0n) is 32.6. The van der Waals surface area contributed by atoms with Gasteiger partial charge in [-0.3, -0.25) is 34.0 Å². The molecule has 0 bridgehead atoms. The Balaban J connectivity index is 0.772. The molecule has 2 aromatic carbocycles. The van der Waals surface area contributed by atoms with E-state index >= 15 is 8.78 Å². The first-order chi connectivity index (χ1) is 28.6. The molecule has 3 amide bonds. The molecule has 0 radical (unpaired) electrons. The van der Waals surface area contributed by atoms with Crippen LogP contribution in [0.3, 0.4) is 0 Å². The highest BCUT2D eigenvalue weighted by molar-refractivity contribution is 6.01. The van der Waals surface area contributed by atoms with Gasteiger partial charge >= 0.3 is 0 Å². The first-order valence-electron chi connectivity index (χ1n) is 20.5. The average Bonchev–Trinajstić information content (AvgIpc) is 3.23. The quantitative estimate of drug-likeness (QED) is 0.162. The van der Waals surface area contributed by atoms with Crippen LogP contribution in [0.4, 0.5) is 30.5 Å². The maximum atomic E-state index is 15.7. The van der Waals surface area contributed by atoms with E-state index in [0.29, 0.717) is 73.9 Å². The number of alkyl halides is 1. The Labute approximate surface area is 339 Å². The van der Waals surface area contributed by atoms with Crippen LogP contribution in [0.2, 0.25) is 0 Å². The SMILES string of the molecule is O=C1CCC(Nc2ccc(N3CCC(N4CCC(NC(=O)[C@H]5CC[C@H](Nc6ncc(F)c(-c7cccc(-n8ccccc8=O)c7)n6)CC5)CC4)C(F)C3)c(F)c2)C(=O)N1. The molecule has 1 saturated carbocycles. The third-order valence-corrected chi connectivity index (χ3v) is 12.1. The molecule has 5 heterocycles. The number of hydrogen-bond acceptors (Lipinski definition) is 10. The Bertz CT molecular complexity index is 2240. The average molecular weight is 812 g/mol. The summed E-state index contributed by atoms with van der Waals surface area (Å²) in [5.74, 6) is -1.63. The number of rotatable bonds is 10. The minimum Gasteiger partial charge on any atom is -0.374 e. The number of anilines is 3. The number of carbonyl (C=O) groups is 3. The number of pyridine rings is 1. The predicted octanol–water partition coefficient (Wildman–Crippen LogP) is 4.96. The normalized spacial score (nSPS) is 24.3. The van der Waals surface area contributed by atoms with Crippen LogP contribution < -0.4 is 31.7 Å². The highest BCUT2D eigenvalue weighted by Gasteiger charge is 2.37. The lowest BCUT2D eigenvalue weighted by Gasteiger charge is -2.44. The molecule has 1 aliphatic carbocycles. The van der Waals surface area contributed by atoms with Gasteiger partial charge in [-0.15, -0.1) is 0 Å². The Morgan fingerprint density at radius 1 is 0.814 bits per heavy atom. The number of benzene rings is 2. The summed E-state index contributed by atoms with van der Waals surface area (Å²) in [4.78, 5) is 61.8. The van der Waals surface area contributed by atoms with Crippen LogP contribution in [0, 0.1) is 17.6 Å². The van der Waals surface area contributed by atoms with Gasteiger partial charge in [0.2, 0.25) is 23.7 Å². The van der Waals surface area contributed by atoms with Crippen molar-refractivity contribution in [1.29, 1.82) is 0 Å². The molecule has 4 aliphatic rings. The molecule has 3 unspecified atom stereocenters. The van der Waals surface area contributed by atoms with Gasteiger partial charge in [-0.1, -0.05) is 18.2 Å². The molecule has 8 rings (SSSR count). The number of imide groups is 1. The van der Waals surface area contributed by atoms with Crippen molar-refractivity contribution in [3.8, 4) is 16.9 Å². The van der Waals surface area contributed by atoms with Crippen molar-refractivity contribution in [3.63, 3.8) is 0 Å². The lowest BCUT2D eigenvalue weighted by molar-refractivity contribution is -0.133. The molecule has 59 heavy (non-hydrogen) atoms. The van der Waals surface area contributed by atoms with E-state index < -0.39 is 29.8 Å². The summed E-state index contributed by atoms with van der Waals surface area (Å²) >= 11 is 0. The fraction of sp³-hybridized carbons (Fsp3) is 0.442. The zero-order chi connectivity index (χ0) is 41.0. The van der Waals surface area contributed by atoms with Gasteiger partial charge in [0.15, 0.2) is 5.82 Å². The smallest absolute Gasteiger partial charge is 0.255 e. The summed E-state index contributed by atoms with van der Waals surface area (Å²) in [6.45, 7) is 1.89. The molecule has 3 saturated heterocycles. The molecule has 0 spiro atoms. The number of aromatic nitrogens is 3.